The highest BCUT2D eigenvalue weighted by molar-refractivity contribution is 7.91. The van der Waals surface area contributed by atoms with Crippen molar-refractivity contribution in [1.82, 2.24) is 25.5 Å². The maximum absolute atomic E-state index is 12.3. The molecule has 1 amide bonds. The van der Waals surface area contributed by atoms with Gasteiger partial charge in [-0.05, 0) is 29.2 Å². The van der Waals surface area contributed by atoms with Crippen molar-refractivity contribution < 1.29 is 13.2 Å². The molecule has 0 radical (unpaired) electrons. The quantitative estimate of drug-likeness (QED) is 0.795. The zero-order chi connectivity index (χ0) is 16.2. The molecule has 8 nitrogen and oxygen atoms in total. The Morgan fingerprint density at radius 2 is 2.18 bits per heavy atom. The highest BCUT2D eigenvalue weighted by Gasteiger charge is 2.28. The average molecular weight is 329 g/mol. The van der Waals surface area contributed by atoms with E-state index in [2.05, 4.69) is 20.8 Å². The summed E-state index contributed by atoms with van der Waals surface area (Å²) in [5.74, 6) is 0.175. The number of sulfone groups is 1. The van der Waals surface area contributed by atoms with Crippen LogP contribution in [0, 0.1) is 5.92 Å². The molecule has 1 N–H and O–H groups in total. The van der Waals surface area contributed by atoms with E-state index < -0.39 is 15.8 Å². The number of nitrogens with zero attached hydrogens (tertiary/aromatic N) is 4. The molecule has 1 aliphatic rings. The smallest absolute Gasteiger partial charge is 0.230 e. The molecule has 0 aromatic carbocycles. The first kappa shape index (κ1) is 16.9. The molecule has 1 aromatic heterocycles. The van der Waals surface area contributed by atoms with Crippen molar-refractivity contribution in [2.75, 3.05) is 18.1 Å². The highest BCUT2D eigenvalue weighted by Crippen LogP contribution is 2.23. The molecule has 0 aliphatic carbocycles. The largest absolute Gasteiger partial charge is 0.354 e. The Kier molecular flexibility index (Phi) is 5.49. The summed E-state index contributed by atoms with van der Waals surface area (Å²) in [6, 6.07) is 0. The number of carbonyl (C=O) groups excluding carboxylic acids is 1. The van der Waals surface area contributed by atoms with Crippen molar-refractivity contribution in [2.45, 2.75) is 45.6 Å². The molecule has 0 saturated heterocycles. The van der Waals surface area contributed by atoms with Gasteiger partial charge in [-0.2, -0.15) is 0 Å². The van der Waals surface area contributed by atoms with E-state index in [0.717, 1.165) is 19.4 Å². The van der Waals surface area contributed by atoms with Gasteiger partial charge >= 0.3 is 0 Å². The van der Waals surface area contributed by atoms with Crippen LogP contribution in [0.25, 0.3) is 0 Å². The van der Waals surface area contributed by atoms with Gasteiger partial charge in [0, 0.05) is 13.1 Å². The van der Waals surface area contributed by atoms with Gasteiger partial charge in [-0.3, -0.25) is 4.79 Å². The fourth-order valence-corrected chi connectivity index (χ4v) is 4.25. The summed E-state index contributed by atoms with van der Waals surface area (Å²) in [6.07, 6.45) is 2.53. The predicted octanol–water partition coefficient (Wildman–Crippen LogP) is 0.128. The summed E-state index contributed by atoms with van der Waals surface area (Å²) in [7, 11) is -3.12. The maximum atomic E-state index is 12.3. The second-order valence-corrected chi connectivity index (χ2v) is 8.34. The molecule has 9 heteroatoms. The first-order valence-corrected chi connectivity index (χ1v) is 9.45. The average Bonchev–Trinajstić information content (AvgIpc) is 2.76. The van der Waals surface area contributed by atoms with Crippen LogP contribution < -0.4 is 5.32 Å². The van der Waals surface area contributed by atoms with Gasteiger partial charge in [0.2, 0.25) is 5.91 Å². The second-order valence-electron chi connectivity index (χ2n) is 6.11. The van der Waals surface area contributed by atoms with Gasteiger partial charge in [-0.25, -0.2) is 13.1 Å². The topological polar surface area (TPSA) is 107 Å². The van der Waals surface area contributed by atoms with Crippen LogP contribution in [0.15, 0.2) is 0 Å². The van der Waals surface area contributed by atoms with E-state index in [1.807, 2.05) is 13.8 Å². The summed E-state index contributed by atoms with van der Waals surface area (Å²) >= 11 is 0. The van der Waals surface area contributed by atoms with Gasteiger partial charge in [0.25, 0.3) is 0 Å². The molecule has 0 fully saturated rings. The predicted molar refractivity (Wildman–Crippen MR) is 80.9 cm³/mol. The Bertz CT molecular complexity index is 611. The number of aromatic nitrogens is 4. The zero-order valence-electron chi connectivity index (χ0n) is 13.0. The van der Waals surface area contributed by atoms with Crippen molar-refractivity contribution in [3.63, 3.8) is 0 Å². The molecular formula is C13H23N5O3S. The Balaban J connectivity index is 1.91. The van der Waals surface area contributed by atoms with E-state index in [0.29, 0.717) is 12.2 Å². The van der Waals surface area contributed by atoms with Crippen molar-refractivity contribution in [1.29, 1.82) is 0 Å². The van der Waals surface area contributed by atoms with Crippen molar-refractivity contribution in [2.24, 2.45) is 5.92 Å². The number of hydrogen-bond acceptors (Lipinski definition) is 6. The van der Waals surface area contributed by atoms with E-state index in [1.54, 1.807) is 4.68 Å². The minimum Gasteiger partial charge on any atom is -0.354 e. The standard InChI is InChI=1S/C13H23N5O3S/c1-10(2)9-22(20,21)8-6-14-13(19)11-5-3-4-7-18-12(11)15-16-17-18/h10-11H,3-9H2,1-2H3,(H,14,19)/t11-/m0/s1. The van der Waals surface area contributed by atoms with Gasteiger partial charge in [-0.15, -0.1) is 5.10 Å². The number of rotatable bonds is 6. The second kappa shape index (κ2) is 7.17. The number of nitrogens with one attached hydrogen (secondary N) is 1. The molecule has 2 rings (SSSR count). The lowest BCUT2D eigenvalue weighted by atomic mass is 10.0. The van der Waals surface area contributed by atoms with E-state index in [4.69, 9.17) is 0 Å². The van der Waals surface area contributed by atoms with Crippen LogP contribution >= 0.6 is 0 Å². The van der Waals surface area contributed by atoms with Crippen LogP contribution in [-0.2, 0) is 21.2 Å². The van der Waals surface area contributed by atoms with Crippen LogP contribution in [-0.4, -0.2) is 52.6 Å². The van der Waals surface area contributed by atoms with Gasteiger partial charge < -0.3 is 5.32 Å². The lowest BCUT2D eigenvalue weighted by Crippen LogP contribution is -2.34. The number of aryl methyl sites for hydroxylation is 1. The Morgan fingerprint density at radius 1 is 1.41 bits per heavy atom. The molecule has 0 saturated carbocycles. The lowest BCUT2D eigenvalue weighted by Gasteiger charge is -2.13. The number of carbonyl (C=O) groups is 1. The van der Waals surface area contributed by atoms with E-state index in [9.17, 15) is 13.2 Å². The molecule has 1 aromatic rings. The van der Waals surface area contributed by atoms with E-state index in [1.165, 1.54) is 0 Å². The summed E-state index contributed by atoms with van der Waals surface area (Å²) in [5, 5.41) is 14.2. The lowest BCUT2D eigenvalue weighted by molar-refractivity contribution is -0.122. The van der Waals surface area contributed by atoms with Gasteiger partial charge in [0.05, 0.1) is 17.4 Å². The van der Waals surface area contributed by atoms with Crippen LogP contribution in [0.5, 0.6) is 0 Å². The fraction of sp³-hybridized carbons (Fsp3) is 0.846. The number of fused-ring (bicyclic) bond motifs is 1. The minimum atomic E-state index is -3.12. The molecule has 0 bridgehead atoms. The third kappa shape index (κ3) is 4.49. The van der Waals surface area contributed by atoms with E-state index >= 15 is 0 Å². The third-order valence-corrected chi connectivity index (χ3v) is 5.60. The normalized spacial score (nSPS) is 18.8. The Morgan fingerprint density at radius 3 is 2.91 bits per heavy atom. The van der Waals surface area contributed by atoms with Crippen molar-refractivity contribution in [3.8, 4) is 0 Å². The molecule has 1 aliphatic heterocycles. The van der Waals surface area contributed by atoms with Crippen molar-refractivity contribution >= 4 is 15.7 Å². The summed E-state index contributed by atoms with van der Waals surface area (Å²) in [6.45, 7) is 4.57. The molecule has 124 valence electrons. The Hall–Kier alpha value is -1.51. The summed E-state index contributed by atoms with van der Waals surface area (Å²) < 4.78 is 25.3. The minimum absolute atomic E-state index is 0.0332. The SMILES string of the molecule is CC(C)CS(=O)(=O)CCNC(=O)[C@H]1CCCCn2nnnc21. The molecule has 0 unspecified atom stereocenters. The Labute approximate surface area is 130 Å². The van der Waals surface area contributed by atoms with Crippen LogP contribution in [0.3, 0.4) is 0 Å². The van der Waals surface area contributed by atoms with Gasteiger partial charge in [-0.1, -0.05) is 20.3 Å². The molecule has 22 heavy (non-hydrogen) atoms. The van der Waals surface area contributed by atoms with Crippen molar-refractivity contribution in [3.05, 3.63) is 5.82 Å². The van der Waals surface area contributed by atoms with Crippen LogP contribution in [0.4, 0.5) is 0 Å². The molecule has 0 spiro atoms. The van der Waals surface area contributed by atoms with E-state index in [-0.39, 0.29) is 29.9 Å². The van der Waals surface area contributed by atoms with Gasteiger partial charge in [0.15, 0.2) is 15.7 Å². The first-order chi connectivity index (χ1) is 10.4. The van der Waals surface area contributed by atoms with Crippen LogP contribution in [0.1, 0.15) is 44.9 Å². The molecule has 1 atom stereocenters. The zero-order valence-corrected chi connectivity index (χ0v) is 13.8. The van der Waals surface area contributed by atoms with Crippen LogP contribution in [0.2, 0.25) is 0 Å². The molecule has 2 heterocycles. The van der Waals surface area contributed by atoms with Gasteiger partial charge in [0.1, 0.15) is 0 Å². The maximum Gasteiger partial charge on any atom is 0.230 e. The fourth-order valence-electron chi connectivity index (χ4n) is 2.65. The summed E-state index contributed by atoms with van der Waals surface area (Å²) in [4.78, 5) is 12.3. The number of amides is 1. The summed E-state index contributed by atoms with van der Waals surface area (Å²) in [5.41, 5.74) is 0. The monoisotopic (exact) mass is 329 g/mol. The number of hydrogen-bond donors (Lipinski definition) is 1. The number of tetrazole rings is 1. The first-order valence-electron chi connectivity index (χ1n) is 7.63. The highest BCUT2D eigenvalue weighted by atomic mass is 32.2. The molecular weight excluding hydrogens is 306 g/mol. The third-order valence-electron chi connectivity index (χ3n) is 3.60.